The molecule has 4 atom stereocenters. The smallest absolute Gasteiger partial charge is 0.0867 e. The minimum absolute atomic E-state index is 0.502. The maximum Gasteiger partial charge on any atom is 0.0867 e. The molecule has 2 heteroatoms. The van der Waals surface area contributed by atoms with E-state index in [1.807, 2.05) is 0 Å². The fourth-order valence-electron chi connectivity index (χ4n) is 3.31. The molecule has 4 unspecified atom stereocenters. The molecule has 0 aromatic heterocycles. The molecule has 4 rings (SSSR count). The van der Waals surface area contributed by atoms with E-state index in [2.05, 4.69) is 34.5 Å². The molecule has 0 spiro atoms. The fourth-order valence-corrected chi connectivity index (χ4v) is 3.31. The molecule has 4 bridgehead atoms. The Labute approximate surface area is 76.7 Å². The molecule has 0 amide bonds. The van der Waals surface area contributed by atoms with Crippen molar-refractivity contribution < 1.29 is 0 Å². The molecular weight excluding hydrogens is 160 g/mol. The van der Waals surface area contributed by atoms with Crippen LogP contribution >= 0.6 is 0 Å². The Morgan fingerprint density at radius 1 is 1.08 bits per heavy atom. The lowest BCUT2D eigenvalue weighted by Crippen LogP contribution is -2.11. The van der Waals surface area contributed by atoms with Crippen LogP contribution in [0, 0.1) is 0 Å². The minimum atomic E-state index is 0.502. The predicted octanol–water partition coefficient (Wildman–Crippen LogP) is 2.47. The van der Waals surface area contributed by atoms with Gasteiger partial charge in [-0.15, -0.1) is 0 Å². The second-order valence-electron chi connectivity index (χ2n) is 4.29. The molecule has 1 aliphatic heterocycles. The third-order valence-corrected chi connectivity index (χ3v) is 3.79. The molecule has 2 nitrogen and oxygen atoms in total. The molecule has 1 saturated carbocycles. The van der Waals surface area contributed by atoms with E-state index in [9.17, 15) is 0 Å². The van der Waals surface area contributed by atoms with E-state index in [0.29, 0.717) is 23.9 Å². The van der Waals surface area contributed by atoms with Crippen LogP contribution in [-0.2, 0) is 0 Å². The van der Waals surface area contributed by atoms with Gasteiger partial charge in [-0.1, -0.05) is 24.3 Å². The number of benzene rings is 1. The molecule has 1 aromatic carbocycles. The van der Waals surface area contributed by atoms with Crippen molar-refractivity contribution in [2.45, 2.75) is 30.3 Å². The highest BCUT2D eigenvalue weighted by atomic mass is 15.2. The number of rotatable bonds is 0. The molecule has 2 aliphatic carbocycles. The largest absolute Gasteiger partial charge is 0.190 e. The summed E-state index contributed by atoms with van der Waals surface area (Å²) in [5.41, 5.74) is 3.08. The molecule has 0 N–H and O–H groups in total. The lowest BCUT2D eigenvalue weighted by atomic mass is 9.89. The zero-order valence-corrected chi connectivity index (χ0v) is 7.22. The first-order valence-electron chi connectivity index (χ1n) is 4.94. The molecule has 64 valence electrons. The maximum absolute atomic E-state index is 4.37. The lowest BCUT2D eigenvalue weighted by Gasteiger charge is -2.19. The average molecular weight is 170 g/mol. The van der Waals surface area contributed by atoms with Crippen molar-refractivity contribution in [1.29, 1.82) is 0 Å². The zero-order valence-electron chi connectivity index (χ0n) is 7.22. The highest BCUT2D eigenvalue weighted by Gasteiger charge is 2.55. The van der Waals surface area contributed by atoms with Gasteiger partial charge in [-0.25, -0.2) is 0 Å². The van der Waals surface area contributed by atoms with Crippen molar-refractivity contribution >= 4 is 0 Å². The Morgan fingerprint density at radius 3 is 2.85 bits per heavy atom. The van der Waals surface area contributed by atoms with Crippen LogP contribution in [0.15, 0.2) is 34.5 Å². The summed E-state index contributed by atoms with van der Waals surface area (Å²) in [6.07, 6.45) is 1.25. The van der Waals surface area contributed by atoms with Crippen LogP contribution in [0.1, 0.15) is 29.4 Å². The third-order valence-electron chi connectivity index (χ3n) is 3.79. The van der Waals surface area contributed by atoms with E-state index in [1.54, 1.807) is 5.56 Å². The number of azo groups is 1. The van der Waals surface area contributed by atoms with Crippen LogP contribution in [0.25, 0.3) is 0 Å². The number of fused-ring (bicyclic) bond motifs is 2. The Kier molecular flexibility index (Phi) is 0.891. The topological polar surface area (TPSA) is 24.7 Å². The van der Waals surface area contributed by atoms with Gasteiger partial charge in [0.05, 0.1) is 12.1 Å². The summed E-state index contributed by atoms with van der Waals surface area (Å²) >= 11 is 0. The van der Waals surface area contributed by atoms with Crippen molar-refractivity contribution in [2.75, 3.05) is 0 Å². The van der Waals surface area contributed by atoms with Crippen molar-refractivity contribution in [1.82, 2.24) is 0 Å². The molecule has 1 aromatic rings. The van der Waals surface area contributed by atoms with Gasteiger partial charge in [-0.3, -0.25) is 0 Å². The second-order valence-corrected chi connectivity index (χ2v) is 4.29. The van der Waals surface area contributed by atoms with Crippen LogP contribution < -0.4 is 0 Å². The molecule has 0 radical (unpaired) electrons. The van der Waals surface area contributed by atoms with Gasteiger partial charge in [0.15, 0.2) is 0 Å². The summed E-state index contributed by atoms with van der Waals surface area (Å²) in [7, 11) is 0. The SMILES string of the molecule is c1ccc2c(c1)C1CC3N=NC1C23. The first kappa shape index (κ1) is 6.30. The second kappa shape index (κ2) is 1.84. The van der Waals surface area contributed by atoms with Crippen molar-refractivity contribution in [3.05, 3.63) is 35.4 Å². The Hall–Kier alpha value is -1.18. The van der Waals surface area contributed by atoms with Crippen molar-refractivity contribution in [3.8, 4) is 0 Å². The highest BCUT2D eigenvalue weighted by molar-refractivity contribution is 5.47. The molecule has 3 aliphatic rings. The van der Waals surface area contributed by atoms with Crippen LogP contribution in [0.3, 0.4) is 0 Å². The molecular formula is C11H10N2. The van der Waals surface area contributed by atoms with E-state index in [-0.39, 0.29) is 0 Å². The average Bonchev–Trinajstić information content (AvgIpc) is 2.82. The maximum atomic E-state index is 4.37. The van der Waals surface area contributed by atoms with Gasteiger partial charge in [-0.05, 0) is 17.5 Å². The Bertz CT molecular complexity index is 410. The number of nitrogens with zero attached hydrogens (tertiary/aromatic N) is 2. The summed E-state index contributed by atoms with van der Waals surface area (Å²) in [5, 5.41) is 8.68. The quantitative estimate of drug-likeness (QED) is 0.571. The van der Waals surface area contributed by atoms with E-state index in [4.69, 9.17) is 0 Å². The summed E-state index contributed by atoms with van der Waals surface area (Å²) in [5.74, 6) is 1.34. The summed E-state index contributed by atoms with van der Waals surface area (Å²) in [4.78, 5) is 0. The molecule has 1 fully saturated rings. The molecule has 13 heavy (non-hydrogen) atoms. The van der Waals surface area contributed by atoms with E-state index >= 15 is 0 Å². The van der Waals surface area contributed by atoms with E-state index in [1.165, 1.54) is 12.0 Å². The predicted molar refractivity (Wildman–Crippen MR) is 49.0 cm³/mol. The Balaban J connectivity index is 2.01. The highest BCUT2D eigenvalue weighted by Crippen LogP contribution is 2.58. The van der Waals surface area contributed by atoms with Gasteiger partial charge in [0, 0.05) is 11.8 Å². The van der Waals surface area contributed by atoms with Crippen LogP contribution in [-0.4, -0.2) is 12.1 Å². The van der Waals surface area contributed by atoms with Crippen LogP contribution in [0.2, 0.25) is 0 Å². The standard InChI is InChI=1S/C11H10N2/c1-2-4-7-6(3-1)8-5-9-10(7)11(8)13-12-9/h1-4,8-11H,5H2. The van der Waals surface area contributed by atoms with Crippen molar-refractivity contribution in [3.63, 3.8) is 0 Å². The van der Waals surface area contributed by atoms with Gasteiger partial charge >= 0.3 is 0 Å². The van der Waals surface area contributed by atoms with Crippen LogP contribution in [0.5, 0.6) is 0 Å². The van der Waals surface area contributed by atoms with Gasteiger partial charge in [0.25, 0.3) is 0 Å². The summed E-state index contributed by atoms with van der Waals surface area (Å²) in [6, 6.07) is 9.83. The lowest BCUT2D eigenvalue weighted by molar-refractivity contribution is 0.559. The van der Waals surface area contributed by atoms with Gasteiger partial charge in [0.1, 0.15) is 0 Å². The fraction of sp³-hybridized carbons (Fsp3) is 0.455. The summed E-state index contributed by atoms with van der Waals surface area (Å²) in [6.45, 7) is 0. The zero-order chi connectivity index (χ0) is 8.41. The van der Waals surface area contributed by atoms with Crippen molar-refractivity contribution in [2.24, 2.45) is 10.2 Å². The Morgan fingerprint density at radius 2 is 1.92 bits per heavy atom. The van der Waals surface area contributed by atoms with Gasteiger partial charge in [0.2, 0.25) is 0 Å². The first-order chi connectivity index (χ1) is 6.45. The normalized spacial score (nSPS) is 42.8. The van der Waals surface area contributed by atoms with E-state index < -0.39 is 0 Å². The molecule has 0 saturated heterocycles. The first-order valence-corrected chi connectivity index (χ1v) is 4.94. The minimum Gasteiger partial charge on any atom is -0.190 e. The summed E-state index contributed by atoms with van der Waals surface area (Å²) < 4.78 is 0. The number of hydrogen-bond acceptors (Lipinski definition) is 2. The van der Waals surface area contributed by atoms with Crippen LogP contribution in [0.4, 0.5) is 0 Å². The van der Waals surface area contributed by atoms with E-state index in [0.717, 1.165) is 0 Å². The molecule has 1 heterocycles. The monoisotopic (exact) mass is 170 g/mol. The van der Waals surface area contributed by atoms with Gasteiger partial charge < -0.3 is 0 Å². The third kappa shape index (κ3) is 0.559. The number of hydrogen-bond donors (Lipinski definition) is 0. The van der Waals surface area contributed by atoms with Gasteiger partial charge in [-0.2, -0.15) is 10.2 Å².